The van der Waals surface area contributed by atoms with Crippen molar-refractivity contribution in [1.82, 2.24) is 0 Å². The summed E-state index contributed by atoms with van der Waals surface area (Å²) in [4.78, 5) is 2.65. The fourth-order valence-electron chi connectivity index (χ4n) is 16.2. The van der Waals surface area contributed by atoms with Crippen molar-refractivity contribution in [2.45, 2.75) is 10.8 Å². The monoisotopic (exact) mass is 1380 g/mol. The Labute approximate surface area is 589 Å². The molecule has 0 fully saturated rings. The van der Waals surface area contributed by atoms with Gasteiger partial charge in [-0.05, 0) is 221 Å². The lowest BCUT2D eigenvalue weighted by molar-refractivity contribution is 0.412. The second-order valence-electron chi connectivity index (χ2n) is 26.0. The predicted octanol–water partition coefficient (Wildman–Crippen LogP) is 25.2. The zero-order chi connectivity index (χ0) is 71.2. The molecule has 2 atom stereocenters. The van der Waals surface area contributed by atoms with Gasteiger partial charge in [0.1, 0.15) is 34.6 Å². The van der Waals surface area contributed by atoms with Crippen molar-refractivity contribution in [3.63, 3.8) is 0 Å². The zero-order valence-electron chi connectivity index (χ0n) is 54.5. The summed E-state index contributed by atoms with van der Waals surface area (Å²) in [7, 11) is 0. The van der Waals surface area contributed by atoms with E-state index >= 15 is 43.9 Å². The average molecular weight is 1380 g/mol. The van der Waals surface area contributed by atoms with Crippen LogP contribution in [-0.4, -0.2) is 0 Å². The van der Waals surface area contributed by atoms with Crippen molar-refractivity contribution >= 4 is 46.3 Å². The summed E-state index contributed by atoms with van der Waals surface area (Å²) < 4.78 is 181. The van der Waals surface area contributed by atoms with Gasteiger partial charge < -0.3 is 19.3 Å². The van der Waals surface area contributed by atoms with Crippen LogP contribution in [0, 0.1) is 58.2 Å². The minimum Gasteiger partial charge on any atom is -0.457 e. The summed E-state index contributed by atoms with van der Waals surface area (Å²) in [5, 5.41) is 0. The van der Waals surface area contributed by atoms with Crippen LogP contribution in [0.2, 0.25) is 0 Å². The maximum Gasteiger partial charge on any atom is 0.199 e. The molecule has 4 nitrogen and oxygen atoms in total. The standard InChI is InChI=1S/C90H50F10N2O2/c1-3-49-13-35-61(36-14-49)103-63-39-43-73-69(47-63)77-79(93)81(95)83(97)85(99)87(77)101(59-33-41-67-65-9-5-7-11-71(65)89(73,75(67)45-59)53-21-25-55(91)26-22-53)57-29-17-51(18-30-57)52-19-31-58(32-20-52)102-60-34-42-68-66-10-6-8-12-72(66)90(76(68)46-60,54-23-27-56(92)28-24-54)74-44-40-64(104-62-37-15-50(4-2)16-38-62)48-70(74)78-80(94)82(96)84(98)86(100)88(78)102/h3-48H,1-2H2. The van der Waals surface area contributed by atoms with Crippen LogP contribution in [0.1, 0.15) is 55.6 Å². The Morgan fingerprint density at radius 2 is 0.596 bits per heavy atom. The second-order valence-corrected chi connectivity index (χ2v) is 26.0. The van der Waals surface area contributed by atoms with E-state index in [0.29, 0.717) is 67.1 Å². The van der Waals surface area contributed by atoms with Crippen LogP contribution in [0.4, 0.5) is 78.0 Å². The molecule has 2 unspecified atom stereocenters. The lowest BCUT2D eigenvalue weighted by Crippen LogP contribution is -2.29. The molecule has 0 N–H and O–H groups in total. The van der Waals surface area contributed by atoms with Crippen molar-refractivity contribution in [1.29, 1.82) is 0 Å². The molecule has 18 rings (SSSR count). The highest BCUT2D eigenvalue weighted by molar-refractivity contribution is 6.00. The van der Waals surface area contributed by atoms with Crippen molar-refractivity contribution in [3.8, 4) is 78.6 Å². The van der Waals surface area contributed by atoms with Crippen molar-refractivity contribution in [2.75, 3.05) is 9.80 Å². The number of halogens is 10. The van der Waals surface area contributed by atoms with Crippen LogP contribution in [0.15, 0.2) is 280 Å². The Kier molecular flexibility index (Phi) is 14.5. The van der Waals surface area contributed by atoms with Gasteiger partial charge >= 0.3 is 0 Å². The van der Waals surface area contributed by atoms with Crippen molar-refractivity contribution in [2.24, 2.45) is 0 Å². The van der Waals surface area contributed by atoms with Crippen LogP contribution >= 0.6 is 0 Å². The highest BCUT2D eigenvalue weighted by Gasteiger charge is 2.52. The molecule has 2 aliphatic heterocycles. The second kappa shape index (κ2) is 23.9. The fourth-order valence-corrected chi connectivity index (χ4v) is 16.2. The molecule has 4 bridgehead atoms. The molecule has 0 radical (unpaired) electrons. The van der Waals surface area contributed by atoms with E-state index in [1.807, 2.05) is 60.7 Å². The maximum absolute atomic E-state index is 17.9. The summed E-state index contributed by atoms with van der Waals surface area (Å²) >= 11 is 0. The molecule has 0 spiro atoms. The number of fused-ring (bicyclic) bond motifs is 16. The van der Waals surface area contributed by atoms with Crippen LogP contribution < -0.4 is 19.3 Å². The first kappa shape index (κ1) is 63.3. The molecule has 14 aromatic carbocycles. The largest absolute Gasteiger partial charge is 0.457 e. The minimum absolute atomic E-state index is 0.0774. The van der Waals surface area contributed by atoms with Gasteiger partial charge in [-0.15, -0.1) is 0 Å². The third-order valence-corrected chi connectivity index (χ3v) is 20.7. The molecule has 14 aromatic rings. The summed E-state index contributed by atoms with van der Waals surface area (Å²) in [6.45, 7) is 7.67. The zero-order valence-corrected chi connectivity index (χ0v) is 54.5. The first-order valence-electron chi connectivity index (χ1n) is 33.2. The molecule has 2 aliphatic carbocycles. The number of benzene rings is 14. The van der Waals surface area contributed by atoms with E-state index in [2.05, 4.69) is 13.2 Å². The molecule has 104 heavy (non-hydrogen) atoms. The van der Waals surface area contributed by atoms with E-state index in [9.17, 15) is 0 Å². The first-order chi connectivity index (χ1) is 50.6. The van der Waals surface area contributed by atoms with Gasteiger partial charge in [0, 0.05) is 33.9 Å². The Morgan fingerprint density at radius 3 is 0.971 bits per heavy atom. The molecule has 4 aliphatic rings. The summed E-state index contributed by atoms with van der Waals surface area (Å²) in [6.07, 6.45) is 3.31. The highest BCUT2D eigenvalue weighted by Crippen LogP contribution is 2.64. The molecule has 14 heteroatoms. The van der Waals surface area contributed by atoms with E-state index in [1.54, 1.807) is 182 Å². The Bertz CT molecular complexity index is 5600. The van der Waals surface area contributed by atoms with Gasteiger partial charge in [0.15, 0.2) is 46.5 Å². The lowest BCUT2D eigenvalue weighted by atomic mass is 9.66. The van der Waals surface area contributed by atoms with Crippen LogP contribution in [-0.2, 0) is 10.8 Å². The molecule has 502 valence electrons. The normalized spacial score (nSPS) is 15.3. The Hall–Kier alpha value is -12.9. The smallest absolute Gasteiger partial charge is 0.199 e. The maximum atomic E-state index is 17.9. The third kappa shape index (κ3) is 9.26. The van der Waals surface area contributed by atoms with E-state index < -0.39 is 91.5 Å². The first-order valence-corrected chi connectivity index (χ1v) is 33.2. The number of rotatable bonds is 11. The van der Waals surface area contributed by atoms with E-state index in [4.69, 9.17) is 9.47 Å². The third-order valence-electron chi connectivity index (χ3n) is 20.7. The topological polar surface area (TPSA) is 24.9 Å². The van der Waals surface area contributed by atoms with Gasteiger partial charge in [0.2, 0.25) is 0 Å². The van der Waals surface area contributed by atoms with Gasteiger partial charge in [0.25, 0.3) is 0 Å². The molecule has 0 saturated heterocycles. The number of anilines is 6. The van der Waals surface area contributed by atoms with E-state index in [0.717, 1.165) is 33.4 Å². The SMILES string of the molecule is C=Cc1ccc(Oc2ccc3c(c2)-c2c(F)c(F)c(F)c(F)c2N(c2ccc(-c4ccc(N5c6ccc7c(c6)C(c6ccc(F)cc6)(c6ccccc6-7)c6ccc(Oc7ccc(C=C)cc7)cc6-c6c(F)c(F)c(F)c(F)c65)cc4)cc2)c2ccc4c(c2)C3(c2ccc(F)cc2)c2ccccc2-4)cc1. The molecule has 0 saturated carbocycles. The van der Waals surface area contributed by atoms with Gasteiger partial charge in [-0.25, -0.2) is 43.9 Å². The number of hydrogen-bond acceptors (Lipinski definition) is 4. The van der Waals surface area contributed by atoms with E-state index in [1.165, 1.54) is 46.2 Å². The minimum atomic E-state index is -2.07. The molecule has 2 heterocycles. The van der Waals surface area contributed by atoms with Crippen LogP contribution in [0.3, 0.4) is 0 Å². The lowest BCUT2D eigenvalue weighted by Gasteiger charge is -2.35. The van der Waals surface area contributed by atoms with E-state index in [-0.39, 0.29) is 45.4 Å². The molecule has 0 aromatic heterocycles. The van der Waals surface area contributed by atoms with Crippen LogP contribution in [0.5, 0.6) is 23.0 Å². The summed E-state index contributed by atoms with van der Waals surface area (Å²) in [5.41, 5.74) is 4.86. The summed E-state index contributed by atoms with van der Waals surface area (Å²) in [5.74, 6) is -15.2. The predicted molar refractivity (Wildman–Crippen MR) is 387 cm³/mol. The van der Waals surface area contributed by atoms with Gasteiger partial charge in [-0.2, -0.15) is 0 Å². The summed E-state index contributed by atoms with van der Waals surface area (Å²) in [6, 6.07) is 74.0. The average Bonchev–Trinajstić information content (AvgIpc) is 1.51. The number of nitrogens with zero attached hydrogens (tertiary/aromatic N) is 2. The van der Waals surface area contributed by atoms with Gasteiger partial charge in [-0.3, -0.25) is 0 Å². The Balaban J connectivity index is 0.812. The fraction of sp³-hybridized carbons (Fsp3) is 0.0222. The Morgan fingerprint density at radius 1 is 0.269 bits per heavy atom. The van der Waals surface area contributed by atoms with Gasteiger partial charge in [0.05, 0.1) is 22.2 Å². The quantitative estimate of drug-likeness (QED) is 0.0732. The molecular formula is C90H50F10N2O2. The van der Waals surface area contributed by atoms with Crippen LogP contribution in [0.25, 0.3) is 67.8 Å². The molecule has 0 amide bonds. The van der Waals surface area contributed by atoms with Crippen molar-refractivity contribution in [3.05, 3.63) is 394 Å². The number of hydrogen-bond donors (Lipinski definition) is 0. The highest BCUT2D eigenvalue weighted by atomic mass is 19.2. The van der Waals surface area contributed by atoms with Crippen molar-refractivity contribution < 1.29 is 53.4 Å². The molecular weight excluding hydrogens is 1330 g/mol. The van der Waals surface area contributed by atoms with Gasteiger partial charge in [-0.1, -0.05) is 171 Å². The number of ether oxygens (including phenoxy) is 2.